The number of rotatable bonds is 2. The molecule has 2 heterocycles. The number of H-pyrrole nitrogens is 1. The third-order valence-electron chi connectivity index (χ3n) is 2.84. The van der Waals surface area contributed by atoms with E-state index in [2.05, 4.69) is 20.5 Å². The minimum Gasteiger partial charge on any atom is -0.354 e. The molecule has 0 spiro atoms. The van der Waals surface area contributed by atoms with E-state index in [1.165, 1.54) is 0 Å². The number of nitrogens with zero attached hydrogens (tertiary/aromatic N) is 3. The lowest BCUT2D eigenvalue weighted by Crippen LogP contribution is -2.34. The van der Waals surface area contributed by atoms with E-state index >= 15 is 0 Å². The molecule has 18 heavy (non-hydrogen) atoms. The summed E-state index contributed by atoms with van der Waals surface area (Å²) in [5, 5.41) is 9.41. The van der Waals surface area contributed by atoms with E-state index in [0.717, 1.165) is 0 Å². The minimum absolute atomic E-state index is 0.0249. The smallest absolute Gasteiger partial charge is 0.293 e. The molecule has 2 amide bonds. The monoisotopic (exact) mass is 251 g/mol. The van der Waals surface area contributed by atoms with Gasteiger partial charge in [0.05, 0.1) is 0 Å². The molecule has 0 aliphatic carbocycles. The van der Waals surface area contributed by atoms with E-state index in [1.54, 1.807) is 4.90 Å². The van der Waals surface area contributed by atoms with Crippen molar-refractivity contribution in [2.75, 3.05) is 19.6 Å². The van der Waals surface area contributed by atoms with E-state index in [0.29, 0.717) is 31.9 Å². The van der Waals surface area contributed by atoms with Gasteiger partial charge in [-0.3, -0.25) is 14.7 Å². The van der Waals surface area contributed by atoms with Crippen LogP contribution >= 0.6 is 0 Å². The molecule has 0 atom stereocenters. The summed E-state index contributed by atoms with van der Waals surface area (Å²) in [5.74, 6) is 0.819. The fraction of sp³-hybridized carbons (Fsp3) is 0.636. The molecular weight excluding hydrogens is 234 g/mol. The second kappa shape index (κ2) is 5.16. The average molecular weight is 251 g/mol. The van der Waals surface area contributed by atoms with Crippen LogP contribution < -0.4 is 5.32 Å². The van der Waals surface area contributed by atoms with Gasteiger partial charge in [-0.2, -0.15) is 0 Å². The van der Waals surface area contributed by atoms with Crippen LogP contribution in [0.3, 0.4) is 0 Å². The number of hydrogen-bond donors (Lipinski definition) is 2. The zero-order chi connectivity index (χ0) is 13.1. The van der Waals surface area contributed by atoms with E-state index in [9.17, 15) is 9.59 Å². The lowest BCUT2D eigenvalue weighted by molar-refractivity contribution is -0.120. The Hall–Kier alpha value is -1.92. The first-order valence-electron chi connectivity index (χ1n) is 6.06. The van der Waals surface area contributed by atoms with Gasteiger partial charge in [-0.25, -0.2) is 4.98 Å². The van der Waals surface area contributed by atoms with Crippen LogP contribution in [0.5, 0.6) is 0 Å². The van der Waals surface area contributed by atoms with Crippen LogP contribution in [0.15, 0.2) is 0 Å². The van der Waals surface area contributed by atoms with Crippen LogP contribution in [0, 0.1) is 0 Å². The summed E-state index contributed by atoms with van der Waals surface area (Å²) < 4.78 is 0. The molecule has 1 aliphatic heterocycles. The first-order valence-corrected chi connectivity index (χ1v) is 6.06. The predicted octanol–water partition coefficient (Wildman–Crippen LogP) is -0.110. The van der Waals surface area contributed by atoms with Gasteiger partial charge in [0.2, 0.25) is 11.7 Å². The molecule has 0 bridgehead atoms. The average Bonchev–Trinajstić information content (AvgIpc) is 2.73. The second-order valence-corrected chi connectivity index (χ2v) is 4.59. The van der Waals surface area contributed by atoms with Crippen molar-refractivity contribution in [3.63, 3.8) is 0 Å². The molecule has 1 fully saturated rings. The van der Waals surface area contributed by atoms with Crippen molar-refractivity contribution in [2.24, 2.45) is 0 Å². The Morgan fingerprint density at radius 3 is 2.83 bits per heavy atom. The number of aromatic amines is 1. The molecule has 0 aromatic carbocycles. The molecule has 98 valence electrons. The van der Waals surface area contributed by atoms with Crippen LogP contribution in [0.25, 0.3) is 0 Å². The molecule has 2 N–H and O–H groups in total. The molecule has 7 heteroatoms. The highest BCUT2D eigenvalue weighted by Crippen LogP contribution is 2.09. The highest BCUT2D eigenvalue weighted by molar-refractivity contribution is 5.91. The van der Waals surface area contributed by atoms with Crippen molar-refractivity contribution < 1.29 is 9.59 Å². The quantitative estimate of drug-likeness (QED) is 0.767. The third kappa shape index (κ3) is 2.66. The summed E-state index contributed by atoms with van der Waals surface area (Å²) in [4.78, 5) is 29.1. The number of amides is 2. The highest BCUT2D eigenvalue weighted by atomic mass is 16.2. The standard InChI is InChI=1S/C11H17N5O2/c1-7(2)9-13-10(15-14-9)11(18)16-5-3-8(17)12-4-6-16/h7H,3-6H2,1-2H3,(H,12,17)(H,13,14,15). The van der Waals surface area contributed by atoms with Gasteiger partial charge in [0.15, 0.2) is 0 Å². The topological polar surface area (TPSA) is 91.0 Å². The molecule has 1 saturated heterocycles. The molecule has 0 radical (unpaired) electrons. The van der Waals surface area contributed by atoms with Gasteiger partial charge in [0.1, 0.15) is 5.82 Å². The summed E-state index contributed by atoms with van der Waals surface area (Å²) >= 11 is 0. The van der Waals surface area contributed by atoms with Crippen LogP contribution in [-0.4, -0.2) is 51.5 Å². The molecular formula is C11H17N5O2. The van der Waals surface area contributed by atoms with Crippen molar-refractivity contribution in [2.45, 2.75) is 26.2 Å². The summed E-state index contributed by atoms with van der Waals surface area (Å²) in [7, 11) is 0. The summed E-state index contributed by atoms with van der Waals surface area (Å²) in [6.07, 6.45) is 0.327. The van der Waals surface area contributed by atoms with E-state index in [-0.39, 0.29) is 23.6 Å². The number of nitrogens with one attached hydrogen (secondary N) is 2. The van der Waals surface area contributed by atoms with Crippen molar-refractivity contribution in [1.82, 2.24) is 25.4 Å². The number of carbonyl (C=O) groups excluding carboxylic acids is 2. The van der Waals surface area contributed by atoms with Gasteiger partial charge < -0.3 is 10.2 Å². The van der Waals surface area contributed by atoms with Crippen molar-refractivity contribution in [3.05, 3.63) is 11.6 Å². The van der Waals surface area contributed by atoms with E-state index in [4.69, 9.17) is 0 Å². The lowest BCUT2D eigenvalue weighted by Gasteiger charge is -2.17. The SMILES string of the molecule is CC(C)c1nc(C(=O)N2CCNC(=O)CC2)n[nH]1. The van der Waals surface area contributed by atoms with Crippen LogP contribution in [-0.2, 0) is 4.79 Å². The second-order valence-electron chi connectivity index (χ2n) is 4.59. The highest BCUT2D eigenvalue weighted by Gasteiger charge is 2.23. The fourth-order valence-electron chi connectivity index (χ4n) is 1.74. The number of hydrogen-bond acceptors (Lipinski definition) is 4. The minimum atomic E-state index is -0.227. The Morgan fingerprint density at radius 1 is 1.39 bits per heavy atom. The molecule has 0 saturated carbocycles. The fourth-order valence-corrected chi connectivity index (χ4v) is 1.74. The number of carbonyl (C=O) groups is 2. The zero-order valence-corrected chi connectivity index (χ0v) is 10.6. The Morgan fingerprint density at radius 2 is 2.17 bits per heavy atom. The molecule has 1 aromatic rings. The Balaban J connectivity index is 2.07. The molecule has 1 aromatic heterocycles. The Labute approximate surface area is 105 Å². The van der Waals surface area contributed by atoms with Crippen molar-refractivity contribution >= 4 is 11.8 Å². The molecule has 0 unspecified atom stereocenters. The van der Waals surface area contributed by atoms with Crippen LogP contribution in [0.4, 0.5) is 0 Å². The maximum atomic E-state index is 12.1. The molecule has 2 rings (SSSR count). The molecule has 7 nitrogen and oxygen atoms in total. The van der Waals surface area contributed by atoms with Gasteiger partial charge in [0, 0.05) is 32.0 Å². The molecule has 1 aliphatic rings. The maximum absolute atomic E-state index is 12.1. The first kappa shape index (κ1) is 12.5. The van der Waals surface area contributed by atoms with Gasteiger partial charge in [-0.05, 0) is 0 Å². The van der Waals surface area contributed by atoms with Crippen LogP contribution in [0.1, 0.15) is 42.6 Å². The summed E-state index contributed by atoms with van der Waals surface area (Å²) in [6, 6.07) is 0. The first-order chi connectivity index (χ1) is 8.58. The van der Waals surface area contributed by atoms with Gasteiger partial charge in [-0.15, -0.1) is 5.10 Å². The normalized spacial score (nSPS) is 16.6. The van der Waals surface area contributed by atoms with Gasteiger partial charge >= 0.3 is 0 Å². The van der Waals surface area contributed by atoms with E-state index in [1.807, 2.05) is 13.8 Å². The largest absolute Gasteiger partial charge is 0.354 e. The van der Waals surface area contributed by atoms with Crippen LogP contribution in [0.2, 0.25) is 0 Å². The van der Waals surface area contributed by atoms with Crippen molar-refractivity contribution in [3.8, 4) is 0 Å². The lowest BCUT2D eigenvalue weighted by atomic mass is 10.2. The van der Waals surface area contributed by atoms with Gasteiger partial charge in [0.25, 0.3) is 5.91 Å². The third-order valence-corrected chi connectivity index (χ3v) is 2.84. The Bertz CT molecular complexity index is 454. The summed E-state index contributed by atoms with van der Waals surface area (Å²) in [6.45, 7) is 5.34. The summed E-state index contributed by atoms with van der Waals surface area (Å²) in [5.41, 5.74) is 0. The van der Waals surface area contributed by atoms with Gasteiger partial charge in [-0.1, -0.05) is 13.8 Å². The predicted molar refractivity (Wildman–Crippen MR) is 64.0 cm³/mol. The maximum Gasteiger partial charge on any atom is 0.293 e. The Kier molecular flexibility index (Phi) is 3.59. The van der Waals surface area contributed by atoms with Crippen molar-refractivity contribution in [1.29, 1.82) is 0 Å². The zero-order valence-electron chi connectivity index (χ0n) is 10.6. The van der Waals surface area contributed by atoms with E-state index < -0.39 is 0 Å². The number of aromatic nitrogens is 3.